The number of aryl methyl sites for hydroxylation is 1. The fourth-order valence-corrected chi connectivity index (χ4v) is 2.77. The average Bonchev–Trinajstić information content (AvgIpc) is 3.02. The van der Waals surface area contributed by atoms with Gasteiger partial charge in [0.05, 0.1) is 0 Å². The van der Waals surface area contributed by atoms with Gasteiger partial charge in [0.25, 0.3) is 5.91 Å². The number of fused-ring (bicyclic) bond motifs is 1. The number of aromatic amines is 1. The zero-order valence-corrected chi connectivity index (χ0v) is 15.4. The second kappa shape index (κ2) is 8.62. The van der Waals surface area contributed by atoms with Crippen molar-refractivity contribution in [2.75, 3.05) is 13.2 Å². The van der Waals surface area contributed by atoms with Crippen LogP contribution in [-0.4, -0.2) is 35.4 Å². The number of halogens is 4. The summed E-state index contributed by atoms with van der Waals surface area (Å²) in [7, 11) is 0. The SMILES string of the molecule is Cc1ccc(CNC(=O)c2n[nH]c3c2CNCC3)c(OCC(F)(F)F)c1.Cl. The number of nitrogens with zero attached hydrogens (tertiary/aromatic N) is 1. The minimum absolute atomic E-state index is 0. The van der Waals surface area contributed by atoms with Crippen LogP contribution in [0.2, 0.25) is 0 Å². The molecule has 0 bridgehead atoms. The van der Waals surface area contributed by atoms with Crippen LogP contribution >= 0.6 is 12.4 Å². The van der Waals surface area contributed by atoms with Crippen molar-refractivity contribution in [3.05, 3.63) is 46.3 Å². The third-order valence-electron chi connectivity index (χ3n) is 4.07. The Morgan fingerprint density at radius 1 is 1.37 bits per heavy atom. The van der Waals surface area contributed by atoms with Crippen molar-refractivity contribution in [3.63, 3.8) is 0 Å². The third kappa shape index (κ3) is 5.36. The predicted octanol–water partition coefficient (Wildman–Crippen LogP) is 2.66. The Labute approximate surface area is 160 Å². The van der Waals surface area contributed by atoms with Crippen molar-refractivity contribution < 1.29 is 22.7 Å². The van der Waals surface area contributed by atoms with E-state index in [4.69, 9.17) is 4.74 Å². The predicted molar refractivity (Wildman–Crippen MR) is 95.1 cm³/mol. The van der Waals surface area contributed by atoms with Crippen LogP contribution in [0.4, 0.5) is 13.2 Å². The molecule has 1 amide bonds. The molecule has 27 heavy (non-hydrogen) atoms. The van der Waals surface area contributed by atoms with Gasteiger partial charge in [-0.2, -0.15) is 18.3 Å². The number of rotatable bonds is 5. The standard InChI is InChI=1S/C17H19F3N4O2.ClH/c1-10-2-3-11(14(6-10)26-9-17(18,19)20)7-22-16(25)15-12-8-21-5-4-13(12)23-24-15;/h2-3,6,21H,4-5,7-9H2,1H3,(H,22,25)(H,23,24);1H. The molecule has 3 N–H and O–H groups in total. The van der Waals surface area contributed by atoms with E-state index in [0.29, 0.717) is 17.8 Å². The summed E-state index contributed by atoms with van der Waals surface area (Å²) in [5.74, 6) is -0.276. The molecule has 3 rings (SSSR count). The lowest BCUT2D eigenvalue weighted by Crippen LogP contribution is -2.28. The second-order valence-electron chi connectivity index (χ2n) is 6.15. The molecule has 0 radical (unpaired) electrons. The number of hydrogen-bond donors (Lipinski definition) is 3. The van der Waals surface area contributed by atoms with Crippen molar-refractivity contribution >= 4 is 18.3 Å². The molecule has 1 aliphatic heterocycles. The average molecular weight is 405 g/mol. The number of H-pyrrole nitrogens is 1. The van der Waals surface area contributed by atoms with E-state index >= 15 is 0 Å². The first kappa shape index (κ1) is 21.0. The molecular formula is C17H20ClF3N4O2. The smallest absolute Gasteiger partial charge is 0.422 e. The van der Waals surface area contributed by atoms with Gasteiger partial charge in [0, 0.05) is 42.9 Å². The molecule has 0 atom stereocenters. The maximum Gasteiger partial charge on any atom is 0.422 e. The Morgan fingerprint density at radius 2 is 2.15 bits per heavy atom. The summed E-state index contributed by atoms with van der Waals surface area (Å²) in [6.07, 6.45) is -3.66. The van der Waals surface area contributed by atoms with Gasteiger partial charge in [-0.3, -0.25) is 9.89 Å². The Bertz CT molecular complexity index is 808. The number of alkyl halides is 3. The number of aromatic nitrogens is 2. The summed E-state index contributed by atoms with van der Waals surface area (Å²) < 4.78 is 42.2. The highest BCUT2D eigenvalue weighted by Gasteiger charge is 2.29. The summed E-state index contributed by atoms with van der Waals surface area (Å²) in [6.45, 7) is 1.79. The molecule has 2 heterocycles. The first-order valence-corrected chi connectivity index (χ1v) is 8.17. The van der Waals surface area contributed by atoms with Crippen LogP contribution in [0.25, 0.3) is 0 Å². The van der Waals surface area contributed by atoms with Crippen LogP contribution in [0.5, 0.6) is 5.75 Å². The zero-order chi connectivity index (χ0) is 18.7. The summed E-state index contributed by atoms with van der Waals surface area (Å²) in [6, 6.07) is 4.92. The van der Waals surface area contributed by atoms with Crippen LogP contribution < -0.4 is 15.4 Å². The molecule has 10 heteroatoms. The number of benzene rings is 1. The first-order chi connectivity index (χ1) is 12.3. The molecule has 0 unspecified atom stereocenters. The largest absolute Gasteiger partial charge is 0.484 e. The Kier molecular flexibility index (Phi) is 6.72. The van der Waals surface area contributed by atoms with E-state index in [0.717, 1.165) is 29.8 Å². The molecule has 0 saturated carbocycles. The number of carbonyl (C=O) groups excluding carboxylic acids is 1. The van der Waals surface area contributed by atoms with Crippen LogP contribution in [0.1, 0.15) is 32.9 Å². The van der Waals surface area contributed by atoms with E-state index in [-0.39, 0.29) is 30.6 Å². The van der Waals surface area contributed by atoms with Gasteiger partial charge >= 0.3 is 6.18 Å². The zero-order valence-electron chi connectivity index (χ0n) is 14.6. The maximum absolute atomic E-state index is 12.4. The monoisotopic (exact) mass is 404 g/mol. The quantitative estimate of drug-likeness (QED) is 0.716. The highest BCUT2D eigenvalue weighted by Crippen LogP contribution is 2.24. The summed E-state index contributed by atoms with van der Waals surface area (Å²) in [4.78, 5) is 12.4. The van der Waals surface area contributed by atoms with Gasteiger partial charge in [-0.1, -0.05) is 12.1 Å². The minimum atomic E-state index is -4.43. The van der Waals surface area contributed by atoms with E-state index in [1.165, 1.54) is 6.07 Å². The molecule has 1 aromatic carbocycles. The molecular weight excluding hydrogens is 385 g/mol. The second-order valence-corrected chi connectivity index (χ2v) is 6.15. The molecule has 0 fully saturated rings. The highest BCUT2D eigenvalue weighted by molar-refractivity contribution is 5.94. The number of hydrogen-bond acceptors (Lipinski definition) is 4. The Morgan fingerprint density at radius 3 is 2.89 bits per heavy atom. The lowest BCUT2D eigenvalue weighted by atomic mass is 10.1. The highest BCUT2D eigenvalue weighted by atomic mass is 35.5. The van der Waals surface area contributed by atoms with E-state index < -0.39 is 12.8 Å². The molecule has 0 saturated heterocycles. The van der Waals surface area contributed by atoms with Gasteiger partial charge in [0.1, 0.15) is 5.75 Å². The Balaban J connectivity index is 0.00000261. The molecule has 2 aromatic rings. The summed E-state index contributed by atoms with van der Waals surface area (Å²) in [5, 5.41) is 12.8. The Hall–Kier alpha value is -2.26. The molecule has 0 spiro atoms. The van der Waals surface area contributed by atoms with E-state index in [1.54, 1.807) is 19.1 Å². The third-order valence-corrected chi connectivity index (χ3v) is 4.07. The van der Waals surface area contributed by atoms with Crippen LogP contribution in [0.15, 0.2) is 18.2 Å². The normalized spacial score (nSPS) is 13.5. The van der Waals surface area contributed by atoms with Crippen molar-refractivity contribution in [2.24, 2.45) is 0 Å². The number of nitrogens with one attached hydrogen (secondary N) is 3. The summed E-state index contributed by atoms with van der Waals surface area (Å²) >= 11 is 0. The molecule has 148 valence electrons. The van der Waals surface area contributed by atoms with Crippen LogP contribution in [-0.2, 0) is 19.5 Å². The van der Waals surface area contributed by atoms with Gasteiger partial charge in [0.15, 0.2) is 12.3 Å². The van der Waals surface area contributed by atoms with Crippen molar-refractivity contribution in [1.29, 1.82) is 0 Å². The molecule has 6 nitrogen and oxygen atoms in total. The fourth-order valence-electron chi connectivity index (χ4n) is 2.77. The topological polar surface area (TPSA) is 79.0 Å². The van der Waals surface area contributed by atoms with Crippen molar-refractivity contribution in [2.45, 2.75) is 32.6 Å². The van der Waals surface area contributed by atoms with Crippen molar-refractivity contribution in [1.82, 2.24) is 20.8 Å². The lowest BCUT2D eigenvalue weighted by molar-refractivity contribution is -0.153. The van der Waals surface area contributed by atoms with Crippen LogP contribution in [0.3, 0.4) is 0 Å². The van der Waals surface area contributed by atoms with E-state index in [9.17, 15) is 18.0 Å². The number of amides is 1. The van der Waals surface area contributed by atoms with Gasteiger partial charge in [-0.25, -0.2) is 0 Å². The van der Waals surface area contributed by atoms with E-state index in [1.807, 2.05) is 0 Å². The van der Waals surface area contributed by atoms with Gasteiger partial charge < -0.3 is 15.4 Å². The fraction of sp³-hybridized carbons (Fsp3) is 0.412. The number of ether oxygens (including phenoxy) is 1. The molecule has 1 aromatic heterocycles. The van der Waals surface area contributed by atoms with Crippen LogP contribution in [0, 0.1) is 6.92 Å². The molecule has 0 aliphatic carbocycles. The maximum atomic E-state index is 12.4. The van der Waals surface area contributed by atoms with Crippen molar-refractivity contribution in [3.8, 4) is 5.75 Å². The van der Waals surface area contributed by atoms with E-state index in [2.05, 4.69) is 20.8 Å². The molecule has 1 aliphatic rings. The number of carbonyl (C=O) groups is 1. The lowest BCUT2D eigenvalue weighted by Gasteiger charge is -2.15. The van der Waals surface area contributed by atoms with Gasteiger partial charge in [-0.15, -0.1) is 12.4 Å². The van der Waals surface area contributed by atoms with Gasteiger partial charge in [0.2, 0.25) is 0 Å². The van der Waals surface area contributed by atoms with Gasteiger partial charge in [-0.05, 0) is 18.6 Å². The minimum Gasteiger partial charge on any atom is -0.484 e. The summed E-state index contributed by atoms with van der Waals surface area (Å²) in [5.41, 5.74) is 3.29. The first-order valence-electron chi connectivity index (χ1n) is 8.17.